The Kier molecular flexibility index (Phi) is 5.47. The first-order valence-corrected chi connectivity index (χ1v) is 6.25. The van der Waals surface area contributed by atoms with Gasteiger partial charge >= 0.3 is 0 Å². The Bertz CT molecular complexity index is 504. The van der Waals surface area contributed by atoms with Crippen molar-refractivity contribution < 1.29 is 0 Å². The van der Waals surface area contributed by atoms with Crippen molar-refractivity contribution in [3.05, 3.63) is 59.1 Å². The summed E-state index contributed by atoms with van der Waals surface area (Å²) in [5, 5.41) is 8.76. The third-order valence-corrected chi connectivity index (χ3v) is 2.68. The standard InChI is InChI=1S/C9H10N2.C5H4BrN/c1-9(2,7-10)8-5-3-4-6-11-8;6-5-3-1-2-4-7-5/h3-6H,1-2H3;1-4H. The zero-order valence-corrected chi connectivity index (χ0v) is 11.9. The van der Waals surface area contributed by atoms with Gasteiger partial charge in [0.25, 0.3) is 0 Å². The molecule has 0 saturated carbocycles. The molecule has 2 aromatic heterocycles. The summed E-state index contributed by atoms with van der Waals surface area (Å²) in [7, 11) is 0. The van der Waals surface area contributed by atoms with E-state index in [2.05, 4.69) is 32.0 Å². The van der Waals surface area contributed by atoms with E-state index in [9.17, 15) is 0 Å². The van der Waals surface area contributed by atoms with Crippen LogP contribution in [0.2, 0.25) is 0 Å². The molecular weight excluding hydrogens is 290 g/mol. The van der Waals surface area contributed by atoms with Gasteiger partial charge in [-0.25, -0.2) is 4.98 Å². The Balaban J connectivity index is 0.000000199. The smallest absolute Gasteiger partial charge is 0.106 e. The Morgan fingerprint density at radius 3 is 2.00 bits per heavy atom. The van der Waals surface area contributed by atoms with Gasteiger partial charge in [0.15, 0.2) is 0 Å². The van der Waals surface area contributed by atoms with Crippen LogP contribution in [0, 0.1) is 11.3 Å². The Morgan fingerprint density at radius 1 is 1.06 bits per heavy atom. The maximum absolute atomic E-state index is 8.76. The number of halogens is 1. The maximum atomic E-state index is 8.76. The minimum atomic E-state index is -0.471. The van der Waals surface area contributed by atoms with Gasteiger partial charge in [0.05, 0.1) is 17.2 Å². The second kappa shape index (κ2) is 6.87. The number of rotatable bonds is 1. The molecule has 92 valence electrons. The fourth-order valence-corrected chi connectivity index (χ4v) is 1.40. The van der Waals surface area contributed by atoms with Crippen molar-refractivity contribution in [2.24, 2.45) is 0 Å². The van der Waals surface area contributed by atoms with E-state index < -0.39 is 5.41 Å². The highest BCUT2D eigenvalue weighted by molar-refractivity contribution is 9.10. The van der Waals surface area contributed by atoms with Gasteiger partial charge in [-0.05, 0) is 54.0 Å². The normalized spacial score (nSPS) is 9.89. The zero-order chi connectivity index (χ0) is 13.4. The third-order valence-electron chi connectivity index (χ3n) is 2.21. The molecule has 0 radical (unpaired) electrons. The summed E-state index contributed by atoms with van der Waals surface area (Å²) in [4.78, 5) is 7.99. The first kappa shape index (κ1) is 14.3. The van der Waals surface area contributed by atoms with Gasteiger partial charge in [-0.2, -0.15) is 5.26 Å². The Morgan fingerprint density at radius 2 is 1.67 bits per heavy atom. The lowest BCUT2D eigenvalue weighted by molar-refractivity contribution is 0.659. The first-order valence-electron chi connectivity index (χ1n) is 5.45. The number of nitriles is 1. The number of hydrogen-bond donors (Lipinski definition) is 0. The molecule has 2 rings (SSSR count). The molecule has 0 spiro atoms. The van der Waals surface area contributed by atoms with E-state index in [1.54, 1.807) is 12.4 Å². The molecule has 0 bridgehead atoms. The van der Waals surface area contributed by atoms with Crippen LogP contribution in [-0.2, 0) is 5.41 Å². The van der Waals surface area contributed by atoms with Gasteiger partial charge in [0.2, 0.25) is 0 Å². The van der Waals surface area contributed by atoms with Crippen LogP contribution in [0.25, 0.3) is 0 Å². The summed E-state index contributed by atoms with van der Waals surface area (Å²) in [5.74, 6) is 0. The largest absolute Gasteiger partial charge is 0.260 e. The molecule has 0 aliphatic heterocycles. The predicted octanol–water partition coefficient (Wildman–Crippen LogP) is 3.73. The molecule has 0 aliphatic carbocycles. The molecule has 2 heterocycles. The van der Waals surface area contributed by atoms with Crippen LogP contribution >= 0.6 is 15.9 Å². The van der Waals surface area contributed by atoms with Crippen molar-refractivity contribution in [3.8, 4) is 6.07 Å². The Hall–Kier alpha value is -1.73. The number of aromatic nitrogens is 2. The number of hydrogen-bond acceptors (Lipinski definition) is 3. The molecule has 4 heteroatoms. The lowest BCUT2D eigenvalue weighted by Crippen LogP contribution is -2.15. The average Bonchev–Trinajstić information content (AvgIpc) is 2.41. The van der Waals surface area contributed by atoms with Gasteiger partial charge < -0.3 is 0 Å². The molecular formula is C14H14BrN3. The molecule has 0 N–H and O–H groups in total. The summed E-state index contributed by atoms with van der Waals surface area (Å²) in [6.45, 7) is 3.71. The fourth-order valence-electron chi connectivity index (χ4n) is 1.13. The van der Waals surface area contributed by atoms with Gasteiger partial charge in [-0.3, -0.25) is 4.98 Å². The second-order valence-corrected chi connectivity index (χ2v) is 4.92. The van der Waals surface area contributed by atoms with Gasteiger partial charge in [0, 0.05) is 12.4 Å². The zero-order valence-electron chi connectivity index (χ0n) is 10.3. The third kappa shape index (κ3) is 4.64. The lowest BCUT2D eigenvalue weighted by Gasteiger charge is -2.12. The van der Waals surface area contributed by atoms with E-state index >= 15 is 0 Å². The minimum absolute atomic E-state index is 0.471. The van der Waals surface area contributed by atoms with Crippen LogP contribution in [0.15, 0.2) is 53.4 Å². The highest BCUT2D eigenvalue weighted by Crippen LogP contribution is 2.18. The van der Waals surface area contributed by atoms with E-state index in [-0.39, 0.29) is 0 Å². The first-order chi connectivity index (χ1) is 8.56. The van der Waals surface area contributed by atoms with Crippen molar-refractivity contribution in [3.63, 3.8) is 0 Å². The van der Waals surface area contributed by atoms with Crippen molar-refractivity contribution in [1.82, 2.24) is 9.97 Å². The lowest BCUT2D eigenvalue weighted by atomic mass is 9.91. The molecule has 0 unspecified atom stereocenters. The predicted molar refractivity (Wildman–Crippen MR) is 74.8 cm³/mol. The summed E-state index contributed by atoms with van der Waals surface area (Å²) in [5.41, 5.74) is 0.351. The van der Waals surface area contributed by atoms with E-state index in [0.29, 0.717) is 0 Å². The Labute approximate surface area is 116 Å². The molecule has 0 aliphatic rings. The SMILES string of the molecule is Brc1ccccn1.CC(C)(C#N)c1ccccn1. The highest BCUT2D eigenvalue weighted by atomic mass is 79.9. The average molecular weight is 304 g/mol. The molecule has 18 heavy (non-hydrogen) atoms. The van der Waals surface area contributed by atoms with Crippen LogP contribution in [-0.4, -0.2) is 9.97 Å². The molecule has 3 nitrogen and oxygen atoms in total. The monoisotopic (exact) mass is 303 g/mol. The second-order valence-electron chi connectivity index (χ2n) is 4.10. The van der Waals surface area contributed by atoms with Crippen LogP contribution in [0.5, 0.6) is 0 Å². The summed E-state index contributed by atoms with van der Waals surface area (Å²) in [6, 6.07) is 13.5. The van der Waals surface area contributed by atoms with E-state index in [1.165, 1.54) is 0 Å². The molecule has 0 amide bonds. The number of nitrogens with zero attached hydrogens (tertiary/aromatic N) is 3. The number of pyridine rings is 2. The molecule has 0 aromatic carbocycles. The van der Waals surface area contributed by atoms with Crippen molar-refractivity contribution >= 4 is 15.9 Å². The van der Waals surface area contributed by atoms with Crippen molar-refractivity contribution in [2.45, 2.75) is 19.3 Å². The van der Waals surface area contributed by atoms with Crippen LogP contribution < -0.4 is 0 Å². The topological polar surface area (TPSA) is 49.6 Å². The highest BCUT2D eigenvalue weighted by Gasteiger charge is 2.20. The summed E-state index contributed by atoms with van der Waals surface area (Å²) >= 11 is 3.20. The van der Waals surface area contributed by atoms with Gasteiger partial charge in [-0.15, -0.1) is 0 Å². The molecule has 0 atom stereocenters. The fraction of sp³-hybridized carbons (Fsp3) is 0.214. The van der Waals surface area contributed by atoms with E-state index in [1.807, 2.05) is 50.2 Å². The van der Waals surface area contributed by atoms with Crippen molar-refractivity contribution in [2.75, 3.05) is 0 Å². The van der Waals surface area contributed by atoms with Crippen LogP contribution in [0.4, 0.5) is 0 Å². The maximum Gasteiger partial charge on any atom is 0.106 e. The van der Waals surface area contributed by atoms with Crippen LogP contribution in [0.1, 0.15) is 19.5 Å². The van der Waals surface area contributed by atoms with Crippen LogP contribution in [0.3, 0.4) is 0 Å². The van der Waals surface area contributed by atoms with E-state index in [0.717, 1.165) is 10.3 Å². The van der Waals surface area contributed by atoms with Gasteiger partial charge in [0.1, 0.15) is 4.60 Å². The van der Waals surface area contributed by atoms with Crippen molar-refractivity contribution in [1.29, 1.82) is 5.26 Å². The molecule has 0 saturated heterocycles. The molecule has 2 aromatic rings. The minimum Gasteiger partial charge on any atom is -0.260 e. The molecule has 0 fully saturated rings. The summed E-state index contributed by atoms with van der Waals surface area (Å²) < 4.78 is 0.884. The van der Waals surface area contributed by atoms with Gasteiger partial charge in [-0.1, -0.05) is 12.1 Å². The van der Waals surface area contributed by atoms with E-state index in [4.69, 9.17) is 5.26 Å². The quantitative estimate of drug-likeness (QED) is 0.754. The summed E-state index contributed by atoms with van der Waals surface area (Å²) in [6.07, 6.45) is 3.44.